The number of nitrogens with zero attached hydrogens (tertiary/aromatic N) is 2. The number of anilines is 1. The van der Waals surface area contributed by atoms with Gasteiger partial charge < -0.3 is 9.80 Å². The van der Waals surface area contributed by atoms with Gasteiger partial charge >= 0.3 is 0 Å². The van der Waals surface area contributed by atoms with Crippen LogP contribution in [0.3, 0.4) is 0 Å². The average molecular weight is 236 g/mol. The predicted octanol–water partition coefficient (Wildman–Crippen LogP) is 1.78. The minimum absolute atomic E-state index is 0.345. The highest BCUT2D eigenvalue weighted by atomic mass is 19.1. The first-order valence-corrected chi connectivity index (χ1v) is 5.96. The number of carbonyl (C=O) groups is 1. The molecule has 0 atom stereocenters. The van der Waals surface area contributed by atoms with E-state index < -0.39 is 0 Å². The zero-order chi connectivity index (χ0) is 12.3. The summed E-state index contributed by atoms with van der Waals surface area (Å²) < 4.78 is 13.3. The Bertz CT molecular complexity index is 400. The van der Waals surface area contributed by atoms with Gasteiger partial charge in [-0.05, 0) is 24.7 Å². The van der Waals surface area contributed by atoms with Gasteiger partial charge in [-0.15, -0.1) is 0 Å². The Morgan fingerprint density at radius 2 is 1.94 bits per heavy atom. The summed E-state index contributed by atoms with van der Waals surface area (Å²) >= 11 is 0. The van der Waals surface area contributed by atoms with Crippen molar-refractivity contribution in [2.24, 2.45) is 0 Å². The van der Waals surface area contributed by atoms with E-state index in [9.17, 15) is 9.18 Å². The third-order valence-electron chi connectivity index (χ3n) is 3.23. The molecule has 0 unspecified atom stereocenters. The van der Waals surface area contributed by atoms with E-state index >= 15 is 0 Å². The van der Waals surface area contributed by atoms with Gasteiger partial charge in [0, 0.05) is 37.4 Å². The molecule has 1 heterocycles. The van der Waals surface area contributed by atoms with Crippen LogP contribution in [0.4, 0.5) is 10.1 Å². The number of likely N-dealkylation sites (N-methyl/N-ethyl adjacent to an activating group) is 1. The van der Waals surface area contributed by atoms with Gasteiger partial charge in [-0.1, -0.05) is 6.92 Å². The van der Waals surface area contributed by atoms with Gasteiger partial charge in [-0.2, -0.15) is 0 Å². The van der Waals surface area contributed by atoms with Crippen molar-refractivity contribution in [3.05, 3.63) is 29.6 Å². The van der Waals surface area contributed by atoms with Crippen molar-refractivity contribution < 1.29 is 9.18 Å². The Balaban J connectivity index is 2.12. The molecule has 0 aromatic heterocycles. The van der Waals surface area contributed by atoms with E-state index in [-0.39, 0.29) is 5.82 Å². The summed E-state index contributed by atoms with van der Waals surface area (Å²) in [5, 5.41) is 0. The average Bonchev–Trinajstić information content (AvgIpc) is 2.38. The Morgan fingerprint density at radius 3 is 2.53 bits per heavy atom. The first-order chi connectivity index (χ1) is 8.22. The van der Waals surface area contributed by atoms with Crippen LogP contribution >= 0.6 is 0 Å². The fraction of sp³-hybridized carbons (Fsp3) is 0.462. The molecule has 3 nitrogen and oxygen atoms in total. The Kier molecular flexibility index (Phi) is 3.74. The highest BCUT2D eigenvalue weighted by Gasteiger charge is 2.16. The standard InChI is InChI=1S/C13H17FN2O/c1-2-15-3-5-16(6-4-15)13-8-11(10-17)7-12(14)9-13/h7-10H,2-6H2,1H3. The third kappa shape index (κ3) is 2.82. The molecule has 0 bridgehead atoms. The zero-order valence-corrected chi connectivity index (χ0v) is 10.0. The van der Waals surface area contributed by atoms with Gasteiger partial charge in [-0.3, -0.25) is 4.79 Å². The third-order valence-corrected chi connectivity index (χ3v) is 3.23. The van der Waals surface area contributed by atoms with Crippen molar-refractivity contribution in [2.75, 3.05) is 37.6 Å². The number of hydrogen-bond donors (Lipinski definition) is 0. The van der Waals surface area contributed by atoms with Crippen LogP contribution in [0.5, 0.6) is 0 Å². The molecule has 17 heavy (non-hydrogen) atoms. The lowest BCUT2D eigenvalue weighted by Crippen LogP contribution is -2.46. The second kappa shape index (κ2) is 5.27. The number of carbonyl (C=O) groups excluding carboxylic acids is 1. The van der Waals surface area contributed by atoms with Crippen LogP contribution in [-0.2, 0) is 0 Å². The van der Waals surface area contributed by atoms with E-state index in [4.69, 9.17) is 0 Å². The van der Waals surface area contributed by atoms with Crippen LogP contribution < -0.4 is 4.90 Å². The molecule has 1 fully saturated rings. The molecule has 92 valence electrons. The number of aldehydes is 1. The van der Waals surface area contributed by atoms with Gasteiger partial charge in [0.1, 0.15) is 12.1 Å². The summed E-state index contributed by atoms with van der Waals surface area (Å²) in [6.45, 7) is 6.94. The SMILES string of the molecule is CCN1CCN(c2cc(F)cc(C=O)c2)CC1. The van der Waals surface area contributed by atoms with Crippen LogP contribution in [-0.4, -0.2) is 43.9 Å². The molecule has 2 rings (SSSR count). The molecular weight excluding hydrogens is 219 g/mol. The predicted molar refractivity (Wildman–Crippen MR) is 66.1 cm³/mol. The Labute approximate surface area is 101 Å². The molecule has 0 radical (unpaired) electrons. The molecule has 1 aliphatic heterocycles. The minimum Gasteiger partial charge on any atom is -0.369 e. The van der Waals surface area contributed by atoms with E-state index in [1.54, 1.807) is 6.07 Å². The monoisotopic (exact) mass is 236 g/mol. The highest BCUT2D eigenvalue weighted by Crippen LogP contribution is 2.19. The summed E-state index contributed by atoms with van der Waals surface area (Å²) in [7, 11) is 0. The summed E-state index contributed by atoms with van der Waals surface area (Å²) in [5.74, 6) is -0.345. The summed E-state index contributed by atoms with van der Waals surface area (Å²) in [4.78, 5) is 15.2. The van der Waals surface area contributed by atoms with Gasteiger partial charge in [0.05, 0.1) is 0 Å². The summed E-state index contributed by atoms with van der Waals surface area (Å²) in [6, 6.07) is 4.51. The first-order valence-electron chi connectivity index (χ1n) is 5.96. The minimum atomic E-state index is -0.345. The maximum atomic E-state index is 13.3. The van der Waals surface area contributed by atoms with Gasteiger partial charge in [0.25, 0.3) is 0 Å². The lowest BCUT2D eigenvalue weighted by molar-refractivity contribution is 0.112. The Hall–Kier alpha value is -1.42. The first kappa shape index (κ1) is 12.0. The molecule has 0 saturated carbocycles. The number of rotatable bonds is 3. The van der Waals surface area contributed by atoms with Crippen LogP contribution in [0.1, 0.15) is 17.3 Å². The van der Waals surface area contributed by atoms with Crippen molar-refractivity contribution in [3.8, 4) is 0 Å². The van der Waals surface area contributed by atoms with E-state index in [2.05, 4.69) is 16.7 Å². The van der Waals surface area contributed by atoms with Crippen molar-refractivity contribution >= 4 is 12.0 Å². The fourth-order valence-corrected chi connectivity index (χ4v) is 2.17. The molecule has 0 spiro atoms. The van der Waals surface area contributed by atoms with Crippen molar-refractivity contribution in [2.45, 2.75) is 6.92 Å². The topological polar surface area (TPSA) is 23.6 Å². The zero-order valence-electron chi connectivity index (χ0n) is 10.0. The normalized spacial score (nSPS) is 17.2. The van der Waals surface area contributed by atoms with Gasteiger partial charge in [-0.25, -0.2) is 4.39 Å². The molecule has 0 amide bonds. The molecule has 1 aliphatic rings. The summed E-state index contributed by atoms with van der Waals surface area (Å²) in [6.07, 6.45) is 0.689. The number of piperazine rings is 1. The van der Waals surface area contributed by atoms with Crippen LogP contribution in [0.2, 0.25) is 0 Å². The van der Waals surface area contributed by atoms with E-state index in [1.165, 1.54) is 12.1 Å². The van der Waals surface area contributed by atoms with Crippen LogP contribution in [0, 0.1) is 5.82 Å². The molecule has 1 aromatic rings. The maximum Gasteiger partial charge on any atom is 0.150 e. The second-order valence-electron chi connectivity index (χ2n) is 4.28. The number of hydrogen-bond acceptors (Lipinski definition) is 3. The van der Waals surface area contributed by atoms with E-state index in [1.807, 2.05) is 0 Å². The molecular formula is C13H17FN2O. The fourth-order valence-electron chi connectivity index (χ4n) is 2.17. The molecule has 1 saturated heterocycles. The Morgan fingerprint density at radius 1 is 1.24 bits per heavy atom. The van der Waals surface area contributed by atoms with Crippen LogP contribution in [0.15, 0.2) is 18.2 Å². The number of halogens is 1. The molecule has 4 heteroatoms. The highest BCUT2D eigenvalue weighted by molar-refractivity contribution is 5.77. The summed E-state index contributed by atoms with van der Waals surface area (Å²) in [5.41, 5.74) is 1.21. The van der Waals surface area contributed by atoms with Gasteiger partial charge in [0.15, 0.2) is 0 Å². The van der Waals surface area contributed by atoms with Crippen molar-refractivity contribution in [3.63, 3.8) is 0 Å². The molecule has 1 aromatic carbocycles. The lowest BCUT2D eigenvalue weighted by Gasteiger charge is -2.35. The van der Waals surface area contributed by atoms with Gasteiger partial charge in [0.2, 0.25) is 0 Å². The smallest absolute Gasteiger partial charge is 0.150 e. The van der Waals surface area contributed by atoms with Crippen molar-refractivity contribution in [1.29, 1.82) is 0 Å². The number of benzene rings is 1. The largest absolute Gasteiger partial charge is 0.369 e. The van der Waals surface area contributed by atoms with Crippen LogP contribution in [0.25, 0.3) is 0 Å². The molecule has 0 N–H and O–H groups in total. The second-order valence-corrected chi connectivity index (χ2v) is 4.28. The maximum absolute atomic E-state index is 13.3. The van der Waals surface area contributed by atoms with E-state index in [0.29, 0.717) is 11.8 Å². The molecule has 0 aliphatic carbocycles. The quantitative estimate of drug-likeness (QED) is 0.747. The lowest BCUT2D eigenvalue weighted by atomic mass is 10.2. The van der Waals surface area contributed by atoms with E-state index in [0.717, 1.165) is 38.4 Å². The van der Waals surface area contributed by atoms with Crippen molar-refractivity contribution in [1.82, 2.24) is 4.90 Å².